The van der Waals surface area contributed by atoms with Gasteiger partial charge in [0.1, 0.15) is 6.54 Å². The molecule has 1 aromatic heterocycles. The van der Waals surface area contributed by atoms with E-state index in [2.05, 4.69) is 31.4 Å². The first-order valence-electron chi connectivity index (χ1n) is 7.99. The zero-order valence-corrected chi connectivity index (χ0v) is 13.2. The molecule has 5 heteroatoms. The van der Waals surface area contributed by atoms with Gasteiger partial charge >= 0.3 is 0 Å². The van der Waals surface area contributed by atoms with Crippen molar-refractivity contribution in [3.63, 3.8) is 0 Å². The van der Waals surface area contributed by atoms with Gasteiger partial charge in [-0.1, -0.05) is 13.8 Å². The summed E-state index contributed by atoms with van der Waals surface area (Å²) < 4.78 is 7.27. The zero-order valence-electron chi connectivity index (χ0n) is 13.2. The quantitative estimate of drug-likeness (QED) is 0.834. The molecule has 1 aliphatic heterocycles. The van der Waals surface area contributed by atoms with E-state index in [9.17, 15) is 4.79 Å². The second kappa shape index (κ2) is 8.20. The maximum atomic E-state index is 12.2. The lowest BCUT2D eigenvalue weighted by Crippen LogP contribution is -2.42. The Morgan fingerprint density at radius 1 is 1.38 bits per heavy atom. The van der Waals surface area contributed by atoms with Crippen LogP contribution in [-0.4, -0.2) is 48.2 Å². The van der Waals surface area contributed by atoms with E-state index in [-0.39, 0.29) is 5.91 Å². The fourth-order valence-electron chi connectivity index (χ4n) is 2.65. The summed E-state index contributed by atoms with van der Waals surface area (Å²) in [6.07, 6.45) is 6.29. The zero-order chi connectivity index (χ0) is 15.1. The fraction of sp³-hybridized carbons (Fsp3) is 0.688. The molecule has 1 N–H and O–H groups in total. The largest absolute Gasteiger partial charge is 0.378 e. The maximum absolute atomic E-state index is 12.2. The van der Waals surface area contributed by atoms with Crippen LogP contribution in [0.4, 0.5) is 0 Å². The van der Waals surface area contributed by atoms with Crippen LogP contribution in [0.25, 0.3) is 0 Å². The number of nitrogens with zero attached hydrogens (tertiary/aromatic N) is 2. The van der Waals surface area contributed by atoms with Gasteiger partial charge in [0.2, 0.25) is 5.91 Å². The third-order valence-electron chi connectivity index (χ3n) is 3.91. The number of hydrogen-bond acceptors (Lipinski definition) is 3. The molecule has 1 atom stereocenters. The predicted octanol–water partition coefficient (Wildman–Crippen LogP) is 1.80. The third kappa shape index (κ3) is 4.58. The molecule has 0 radical (unpaired) electrons. The van der Waals surface area contributed by atoms with Crippen LogP contribution in [0.15, 0.2) is 18.5 Å². The van der Waals surface area contributed by atoms with Gasteiger partial charge < -0.3 is 19.5 Å². The number of morpholine rings is 1. The minimum Gasteiger partial charge on any atom is -0.378 e. The molecule has 1 aromatic rings. The Bertz CT molecular complexity index is 438. The molecule has 0 bridgehead atoms. The van der Waals surface area contributed by atoms with Crippen molar-refractivity contribution in [2.75, 3.05) is 32.8 Å². The summed E-state index contributed by atoms with van der Waals surface area (Å²) >= 11 is 0. The van der Waals surface area contributed by atoms with Crippen molar-refractivity contribution in [2.45, 2.75) is 39.3 Å². The van der Waals surface area contributed by atoms with E-state index in [0.717, 1.165) is 19.4 Å². The monoisotopic (exact) mass is 293 g/mol. The van der Waals surface area contributed by atoms with E-state index in [1.165, 1.54) is 5.56 Å². The number of carbonyl (C=O) groups excluding carboxylic acids is 1. The number of ether oxygens (including phenoxy) is 1. The molecule has 1 fully saturated rings. The Hall–Kier alpha value is -1.33. The van der Waals surface area contributed by atoms with Crippen LogP contribution in [0.3, 0.4) is 0 Å². The van der Waals surface area contributed by atoms with Gasteiger partial charge in [-0.15, -0.1) is 0 Å². The standard InChI is InChI=1S/C16H27N3O2/c1-3-6-17-15(4-2)14-5-7-18(12-14)13-16(20)19-8-10-21-11-9-19/h5,7,12,15,17H,3-4,6,8-11,13H2,1-2H3. The molecule has 0 saturated carbocycles. The molecule has 21 heavy (non-hydrogen) atoms. The first-order valence-corrected chi connectivity index (χ1v) is 7.99. The Labute approximate surface area is 127 Å². The van der Waals surface area contributed by atoms with E-state index >= 15 is 0 Å². The third-order valence-corrected chi connectivity index (χ3v) is 3.91. The van der Waals surface area contributed by atoms with Crippen LogP contribution < -0.4 is 5.32 Å². The second-order valence-electron chi connectivity index (χ2n) is 5.53. The van der Waals surface area contributed by atoms with Crippen molar-refractivity contribution in [1.29, 1.82) is 0 Å². The summed E-state index contributed by atoms with van der Waals surface area (Å²) in [5, 5.41) is 3.54. The van der Waals surface area contributed by atoms with Gasteiger partial charge in [0, 0.05) is 31.5 Å². The molecule has 1 unspecified atom stereocenters. The first kappa shape index (κ1) is 16.0. The highest BCUT2D eigenvalue weighted by Crippen LogP contribution is 2.17. The first-order chi connectivity index (χ1) is 10.2. The topological polar surface area (TPSA) is 46.5 Å². The molecule has 118 valence electrons. The lowest BCUT2D eigenvalue weighted by atomic mass is 10.1. The number of carbonyl (C=O) groups is 1. The number of aromatic nitrogens is 1. The predicted molar refractivity (Wildman–Crippen MR) is 83.2 cm³/mol. The van der Waals surface area contributed by atoms with Crippen LogP contribution in [0.5, 0.6) is 0 Å². The van der Waals surface area contributed by atoms with Crippen LogP contribution in [0.2, 0.25) is 0 Å². The van der Waals surface area contributed by atoms with Crippen molar-refractivity contribution in [1.82, 2.24) is 14.8 Å². The van der Waals surface area contributed by atoms with Crippen molar-refractivity contribution in [2.24, 2.45) is 0 Å². The summed E-state index contributed by atoms with van der Waals surface area (Å²) in [5.74, 6) is 0.176. The van der Waals surface area contributed by atoms with Gasteiger partial charge in [0.05, 0.1) is 13.2 Å². The summed E-state index contributed by atoms with van der Waals surface area (Å²) in [6, 6.07) is 2.49. The number of hydrogen-bond donors (Lipinski definition) is 1. The highest BCUT2D eigenvalue weighted by molar-refractivity contribution is 5.76. The average Bonchev–Trinajstić information content (AvgIpc) is 2.97. The number of nitrogens with one attached hydrogen (secondary N) is 1. The van der Waals surface area contributed by atoms with Crippen LogP contribution in [0.1, 0.15) is 38.3 Å². The van der Waals surface area contributed by atoms with E-state index < -0.39 is 0 Å². The summed E-state index contributed by atoms with van der Waals surface area (Å²) in [6.45, 7) is 8.53. The Kier molecular flexibility index (Phi) is 6.26. The van der Waals surface area contributed by atoms with Crippen molar-refractivity contribution < 1.29 is 9.53 Å². The second-order valence-corrected chi connectivity index (χ2v) is 5.53. The van der Waals surface area contributed by atoms with Gasteiger partial charge in [0.25, 0.3) is 0 Å². The molecule has 1 amide bonds. The molecule has 5 nitrogen and oxygen atoms in total. The molecule has 0 aliphatic carbocycles. The van der Waals surface area contributed by atoms with E-state index in [4.69, 9.17) is 4.74 Å². The van der Waals surface area contributed by atoms with E-state index in [0.29, 0.717) is 38.9 Å². The Balaban J connectivity index is 1.90. The molecular formula is C16H27N3O2. The van der Waals surface area contributed by atoms with Crippen LogP contribution >= 0.6 is 0 Å². The Morgan fingerprint density at radius 3 is 2.81 bits per heavy atom. The van der Waals surface area contributed by atoms with Gasteiger partial charge in [-0.25, -0.2) is 0 Å². The average molecular weight is 293 g/mol. The molecule has 2 rings (SSSR count). The van der Waals surface area contributed by atoms with Crippen molar-refractivity contribution in [3.05, 3.63) is 24.0 Å². The molecular weight excluding hydrogens is 266 g/mol. The molecule has 0 aromatic carbocycles. The lowest BCUT2D eigenvalue weighted by Gasteiger charge is -2.27. The summed E-state index contributed by atoms with van der Waals surface area (Å²) in [7, 11) is 0. The highest BCUT2D eigenvalue weighted by atomic mass is 16.5. The lowest BCUT2D eigenvalue weighted by molar-refractivity contribution is -0.135. The van der Waals surface area contributed by atoms with Gasteiger partial charge in [0.15, 0.2) is 0 Å². The fourth-order valence-corrected chi connectivity index (χ4v) is 2.65. The van der Waals surface area contributed by atoms with E-state index in [1.54, 1.807) is 0 Å². The summed E-state index contributed by atoms with van der Waals surface area (Å²) in [4.78, 5) is 14.1. The molecule has 1 saturated heterocycles. The smallest absolute Gasteiger partial charge is 0.242 e. The van der Waals surface area contributed by atoms with Gasteiger partial charge in [-0.05, 0) is 31.0 Å². The van der Waals surface area contributed by atoms with Crippen molar-refractivity contribution in [3.8, 4) is 0 Å². The van der Waals surface area contributed by atoms with Crippen LogP contribution in [-0.2, 0) is 16.1 Å². The minimum atomic E-state index is 0.176. The van der Waals surface area contributed by atoms with E-state index in [1.807, 2.05) is 15.7 Å². The van der Waals surface area contributed by atoms with Crippen molar-refractivity contribution >= 4 is 5.91 Å². The normalized spacial score (nSPS) is 17.0. The minimum absolute atomic E-state index is 0.176. The number of rotatable bonds is 7. The number of amides is 1. The Morgan fingerprint density at radius 2 is 2.14 bits per heavy atom. The van der Waals surface area contributed by atoms with Gasteiger partial charge in [-0.2, -0.15) is 0 Å². The van der Waals surface area contributed by atoms with Crippen LogP contribution in [0, 0.1) is 0 Å². The molecule has 0 spiro atoms. The molecule has 1 aliphatic rings. The highest BCUT2D eigenvalue weighted by Gasteiger charge is 2.17. The summed E-state index contributed by atoms with van der Waals surface area (Å²) in [5.41, 5.74) is 1.26. The maximum Gasteiger partial charge on any atom is 0.242 e. The SMILES string of the molecule is CCCNC(CC)c1ccn(CC(=O)N2CCOCC2)c1. The molecule has 2 heterocycles. The van der Waals surface area contributed by atoms with Gasteiger partial charge in [-0.3, -0.25) is 4.79 Å².